The van der Waals surface area contributed by atoms with Crippen LogP contribution >= 0.6 is 0 Å². The number of carbonyl (C=O) groups is 2. The van der Waals surface area contributed by atoms with E-state index < -0.39 is 5.97 Å². The highest BCUT2D eigenvalue weighted by Crippen LogP contribution is 1.99. The van der Waals surface area contributed by atoms with Crippen molar-refractivity contribution in [3.63, 3.8) is 0 Å². The lowest BCUT2D eigenvalue weighted by Gasteiger charge is -2.05. The van der Waals surface area contributed by atoms with Crippen LogP contribution in [-0.2, 0) is 16.1 Å². The molecule has 1 amide bonds. The largest absolute Gasteiger partial charge is 0.550 e. The third-order valence-electron chi connectivity index (χ3n) is 2.12. The van der Waals surface area contributed by atoms with Crippen LogP contribution in [0.2, 0.25) is 0 Å². The zero-order valence-corrected chi connectivity index (χ0v) is 8.94. The Bertz CT molecular complexity index is 349. The molecular formula is C12H14NO3-. The summed E-state index contributed by atoms with van der Waals surface area (Å²) in [6, 6.07) is 9.54. The number of nitrogens with one attached hydrogen (secondary N) is 1. The van der Waals surface area contributed by atoms with Crippen LogP contribution in [0.25, 0.3) is 0 Å². The first-order valence-electron chi connectivity index (χ1n) is 5.19. The average molecular weight is 220 g/mol. The van der Waals surface area contributed by atoms with E-state index in [4.69, 9.17) is 0 Å². The Morgan fingerprint density at radius 3 is 2.44 bits per heavy atom. The minimum atomic E-state index is -1.11. The van der Waals surface area contributed by atoms with Crippen molar-refractivity contribution in [1.29, 1.82) is 0 Å². The minimum Gasteiger partial charge on any atom is -0.550 e. The van der Waals surface area contributed by atoms with Crippen LogP contribution in [0.4, 0.5) is 0 Å². The summed E-state index contributed by atoms with van der Waals surface area (Å²) >= 11 is 0. The van der Waals surface area contributed by atoms with Gasteiger partial charge >= 0.3 is 0 Å². The first-order chi connectivity index (χ1) is 7.68. The van der Waals surface area contributed by atoms with Crippen molar-refractivity contribution < 1.29 is 14.7 Å². The fourth-order valence-corrected chi connectivity index (χ4v) is 1.28. The summed E-state index contributed by atoms with van der Waals surface area (Å²) in [5.74, 6) is -1.25. The van der Waals surface area contributed by atoms with E-state index in [1.807, 2.05) is 30.3 Å². The van der Waals surface area contributed by atoms with Crippen molar-refractivity contribution in [2.45, 2.75) is 25.8 Å². The maximum absolute atomic E-state index is 11.3. The van der Waals surface area contributed by atoms with Gasteiger partial charge in [-0.25, -0.2) is 0 Å². The lowest BCUT2D eigenvalue weighted by Crippen LogP contribution is -2.25. The maximum atomic E-state index is 11.3. The molecule has 86 valence electrons. The fourth-order valence-electron chi connectivity index (χ4n) is 1.28. The maximum Gasteiger partial charge on any atom is 0.220 e. The lowest BCUT2D eigenvalue weighted by atomic mass is 10.2. The predicted octanol–water partition coefficient (Wildman–Crippen LogP) is 0.223. The Labute approximate surface area is 94.3 Å². The van der Waals surface area contributed by atoms with Crippen LogP contribution < -0.4 is 10.4 Å². The summed E-state index contributed by atoms with van der Waals surface area (Å²) < 4.78 is 0. The zero-order chi connectivity index (χ0) is 11.8. The number of carbonyl (C=O) groups excluding carboxylic acids is 2. The van der Waals surface area contributed by atoms with Crippen molar-refractivity contribution in [1.82, 2.24) is 5.32 Å². The van der Waals surface area contributed by atoms with Crippen molar-refractivity contribution in [3.05, 3.63) is 35.9 Å². The molecule has 0 aliphatic heterocycles. The van der Waals surface area contributed by atoms with Gasteiger partial charge in [-0.1, -0.05) is 30.3 Å². The molecule has 0 bridgehead atoms. The van der Waals surface area contributed by atoms with Crippen LogP contribution in [-0.4, -0.2) is 11.9 Å². The quantitative estimate of drug-likeness (QED) is 0.745. The number of rotatable bonds is 6. The molecule has 0 aliphatic rings. The van der Waals surface area contributed by atoms with Crippen LogP contribution in [0, 0.1) is 0 Å². The Kier molecular flexibility index (Phi) is 5.05. The molecule has 0 heterocycles. The van der Waals surface area contributed by atoms with E-state index in [9.17, 15) is 14.7 Å². The fraction of sp³-hybridized carbons (Fsp3) is 0.333. The van der Waals surface area contributed by atoms with Crippen molar-refractivity contribution in [2.24, 2.45) is 0 Å². The topological polar surface area (TPSA) is 69.2 Å². The molecule has 0 saturated heterocycles. The van der Waals surface area contributed by atoms with Gasteiger partial charge < -0.3 is 15.2 Å². The molecule has 0 radical (unpaired) electrons. The molecule has 16 heavy (non-hydrogen) atoms. The van der Waals surface area contributed by atoms with E-state index in [0.717, 1.165) is 5.56 Å². The van der Waals surface area contributed by atoms with E-state index in [-0.39, 0.29) is 18.7 Å². The molecule has 0 spiro atoms. The average Bonchev–Trinajstić information content (AvgIpc) is 2.27. The number of amides is 1. The normalized spacial score (nSPS) is 9.75. The Hall–Kier alpha value is -1.84. The van der Waals surface area contributed by atoms with Crippen LogP contribution in [0.1, 0.15) is 24.8 Å². The summed E-state index contributed by atoms with van der Waals surface area (Å²) in [5.41, 5.74) is 1.02. The third kappa shape index (κ3) is 5.14. The highest BCUT2D eigenvalue weighted by atomic mass is 16.4. The van der Waals surface area contributed by atoms with E-state index in [1.165, 1.54) is 0 Å². The summed E-state index contributed by atoms with van der Waals surface area (Å²) in [6.07, 6.45) is 0.475. The monoisotopic (exact) mass is 220 g/mol. The number of hydrogen-bond donors (Lipinski definition) is 1. The molecule has 0 aromatic heterocycles. The van der Waals surface area contributed by atoms with Gasteiger partial charge in [-0.3, -0.25) is 4.79 Å². The highest BCUT2D eigenvalue weighted by molar-refractivity contribution is 5.76. The summed E-state index contributed by atoms with van der Waals surface area (Å²) in [5, 5.41) is 12.8. The molecule has 0 atom stereocenters. The van der Waals surface area contributed by atoms with Gasteiger partial charge in [-0.2, -0.15) is 0 Å². The third-order valence-corrected chi connectivity index (χ3v) is 2.12. The second kappa shape index (κ2) is 6.61. The van der Waals surface area contributed by atoms with Gasteiger partial charge in [0.2, 0.25) is 5.91 Å². The van der Waals surface area contributed by atoms with Gasteiger partial charge in [0, 0.05) is 18.9 Å². The standard InChI is InChI=1S/C12H15NO3/c14-11(7-4-8-12(15)16)13-9-10-5-2-1-3-6-10/h1-3,5-6H,4,7-9H2,(H,13,14)(H,15,16)/p-1. The number of carboxylic acid groups (broad SMARTS) is 1. The highest BCUT2D eigenvalue weighted by Gasteiger charge is 2.00. The first kappa shape index (κ1) is 12.2. The van der Waals surface area contributed by atoms with Gasteiger partial charge in [0.05, 0.1) is 0 Å². The number of aliphatic carboxylic acids is 1. The summed E-state index contributed by atoms with van der Waals surface area (Å²) in [7, 11) is 0. The molecule has 0 aliphatic carbocycles. The second-order valence-corrected chi connectivity index (χ2v) is 3.49. The van der Waals surface area contributed by atoms with E-state index in [1.54, 1.807) is 0 Å². The van der Waals surface area contributed by atoms with Gasteiger partial charge in [-0.15, -0.1) is 0 Å². The number of benzene rings is 1. The second-order valence-electron chi connectivity index (χ2n) is 3.49. The Morgan fingerprint density at radius 1 is 1.12 bits per heavy atom. The lowest BCUT2D eigenvalue weighted by molar-refractivity contribution is -0.305. The van der Waals surface area contributed by atoms with Gasteiger partial charge in [-0.05, 0) is 18.4 Å². The molecule has 4 heteroatoms. The molecule has 1 aromatic carbocycles. The Balaban J connectivity index is 2.18. The van der Waals surface area contributed by atoms with Crippen molar-refractivity contribution in [2.75, 3.05) is 0 Å². The molecular weight excluding hydrogens is 206 g/mol. The van der Waals surface area contributed by atoms with Gasteiger partial charge in [0.25, 0.3) is 0 Å². The molecule has 1 N–H and O–H groups in total. The van der Waals surface area contributed by atoms with Crippen LogP contribution in [0.5, 0.6) is 0 Å². The Morgan fingerprint density at radius 2 is 1.81 bits per heavy atom. The van der Waals surface area contributed by atoms with E-state index in [2.05, 4.69) is 5.32 Å². The summed E-state index contributed by atoms with van der Waals surface area (Å²) in [6.45, 7) is 0.477. The van der Waals surface area contributed by atoms with Crippen molar-refractivity contribution >= 4 is 11.9 Å². The molecule has 1 aromatic rings. The smallest absolute Gasteiger partial charge is 0.220 e. The number of carboxylic acids is 1. The van der Waals surface area contributed by atoms with Crippen molar-refractivity contribution in [3.8, 4) is 0 Å². The minimum absolute atomic E-state index is 0.0707. The van der Waals surface area contributed by atoms with E-state index >= 15 is 0 Å². The first-order valence-corrected chi connectivity index (χ1v) is 5.19. The van der Waals surface area contributed by atoms with Crippen LogP contribution in [0.3, 0.4) is 0 Å². The molecule has 0 saturated carbocycles. The SMILES string of the molecule is O=C([O-])CCCC(=O)NCc1ccccc1. The molecule has 0 unspecified atom stereocenters. The summed E-state index contributed by atoms with van der Waals surface area (Å²) in [4.78, 5) is 21.4. The van der Waals surface area contributed by atoms with Gasteiger partial charge in [0.15, 0.2) is 0 Å². The zero-order valence-electron chi connectivity index (χ0n) is 8.94. The number of hydrogen-bond acceptors (Lipinski definition) is 3. The molecule has 1 rings (SSSR count). The van der Waals surface area contributed by atoms with Gasteiger partial charge in [0.1, 0.15) is 0 Å². The van der Waals surface area contributed by atoms with E-state index in [0.29, 0.717) is 13.0 Å². The molecule has 4 nitrogen and oxygen atoms in total. The molecule has 0 fully saturated rings. The predicted molar refractivity (Wildman–Crippen MR) is 57.1 cm³/mol. The van der Waals surface area contributed by atoms with Crippen LogP contribution in [0.15, 0.2) is 30.3 Å².